The van der Waals surface area contributed by atoms with E-state index in [0.29, 0.717) is 46.7 Å². The molecule has 1 unspecified atom stereocenters. The SMILES string of the molecule is COC(=O)c1cncc(OCC2CN(C(=S)Nc3c(C)csc3C(=O)OC)CCO2)c1. The Hall–Kier alpha value is -2.76. The van der Waals surface area contributed by atoms with Crippen LogP contribution in [-0.4, -0.2) is 73.6 Å². The first kappa shape index (κ1) is 22.9. The van der Waals surface area contributed by atoms with Crippen LogP contribution < -0.4 is 10.1 Å². The zero-order chi connectivity index (χ0) is 22.4. The van der Waals surface area contributed by atoms with Gasteiger partial charge in [-0.2, -0.15) is 0 Å². The molecule has 3 heterocycles. The largest absolute Gasteiger partial charge is 0.489 e. The maximum absolute atomic E-state index is 12.0. The van der Waals surface area contributed by atoms with Crippen molar-refractivity contribution < 1.29 is 28.5 Å². The molecule has 1 atom stereocenters. The number of thiocarbonyl (C=S) groups is 1. The number of aromatic nitrogens is 1. The van der Waals surface area contributed by atoms with E-state index in [0.717, 1.165) is 5.56 Å². The van der Waals surface area contributed by atoms with Crippen LogP contribution in [0.25, 0.3) is 0 Å². The highest BCUT2D eigenvalue weighted by Crippen LogP contribution is 2.29. The average molecular weight is 466 g/mol. The molecule has 9 nitrogen and oxygen atoms in total. The lowest BCUT2D eigenvalue weighted by Gasteiger charge is -2.34. The van der Waals surface area contributed by atoms with Crippen molar-refractivity contribution in [3.8, 4) is 5.75 Å². The molecule has 0 amide bonds. The summed E-state index contributed by atoms with van der Waals surface area (Å²) in [6.07, 6.45) is 2.70. The van der Waals surface area contributed by atoms with Gasteiger partial charge < -0.3 is 29.2 Å². The van der Waals surface area contributed by atoms with Crippen LogP contribution in [0, 0.1) is 6.92 Å². The van der Waals surface area contributed by atoms with Crippen molar-refractivity contribution in [2.45, 2.75) is 13.0 Å². The summed E-state index contributed by atoms with van der Waals surface area (Å²) in [5.41, 5.74) is 1.88. The van der Waals surface area contributed by atoms with Crippen molar-refractivity contribution in [3.05, 3.63) is 39.8 Å². The molecule has 0 radical (unpaired) electrons. The molecule has 2 aromatic heterocycles. The normalized spacial score (nSPS) is 15.8. The highest BCUT2D eigenvalue weighted by Gasteiger charge is 2.25. The van der Waals surface area contributed by atoms with E-state index in [1.165, 1.54) is 38.0 Å². The third-order valence-electron chi connectivity index (χ3n) is 4.57. The van der Waals surface area contributed by atoms with Crippen LogP contribution >= 0.6 is 23.6 Å². The number of nitrogens with zero attached hydrogens (tertiary/aromatic N) is 2. The fourth-order valence-electron chi connectivity index (χ4n) is 2.95. The number of esters is 2. The summed E-state index contributed by atoms with van der Waals surface area (Å²) in [6.45, 7) is 3.75. The maximum atomic E-state index is 12.0. The molecule has 1 aliphatic rings. The molecular formula is C20H23N3O6S2. The van der Waals surface area contributed by atoms with Crippen LogP contribution in [0.4, 0.5) is 5.69 Å². The number of thiophene rings is 1. The molecule has 1 aliphatic heterocycles. The summed E-state index contributed by atoms with van der Waals surface area (Å²) in [6, 6.07) is 1.57. The Bertz CT molecular complexity index is 964. The summed E-state index contributed by atoms with van der Waals surface area (Å²) in [5, 5.41) is 5.55. The molecule has 2 aromatic rings. The molecule has 0 aromatic carbocycles. The lowest BCUT2D eigenvalue weighted by Crippen LogP contribution is -2.49. The Morgan fingerprint density at radius 3 is 2.84 bits per heavy atom. The zero-order valence-electron chi connectivity index (χ0n) is 17.4. The van der Waals surface area contributed by atoms with E-state index >= 15 is 0 Å². The van der Waals surface area contributed by atoms with Gasteiger partial charge in [-0.3, -0.25) is 4.98 Å². The Morgan fingerprint density at radius 1 is 1.32 bits per heavy atom. The number of ether oxygens (including phenoxy) is 4. The van der Waals surface area contributed by atoms with Crippen molar-refractivity contribution in [1.82, 2.24) is 9.88 Å². The quantitative estimate of drug-likeness (QED) is 0.506. The summed E-state index contributed by atoms with van der Waals surface area (Å²) in [7, 11) is 2.66. The van der Waals surface area contributed by atoms with Gasteiger partial charge in [0, 0.05) is 19.3 Å². The van der Waals surface area contributed by atoms with E-state index in [-0.39, 0.29) is 12.7 Å². The van der Waals surface area contributed by atoms with Crippen molar-refractivity contribution in [1.29, 1.82) is 0 Å². The Kier molecular flexibility index (Phi) is 7.77. The molecule has 0 aliphatic carbocycles. The second-order valence-electron chi connectivity index (χ2n) is 6.70. The first-order valence-electron chi connectivity index (χ1n) is 9.43. The molecular weight excluding hydrogens is 442 g/mol. The topological polar surface area (TPSA) is 99.2 Å². The van der Waals surface area contributed by atoms with Crippen molar-refractivity contribution in [2.75, 3.05) is 45.8 Å². The monoisotopic (exact) mass is 465 g/mol. The summed E-state index contributed by atoms with van der Waals surface area (Å²) in [4.78, 5) is 30.1. The van der Waals surface area contributed by atoms with E-state index < -0.39 is 11.9 Å². The number of carbonyl (C=O) groups is 2. The van der Waals surface area contributed by atoms with Gasteiger partial charge in [-0.15, -0.1) is 11.3 Å². The number of hydrogen-bond acceptors (Lipinski definition) is 9. The molecule has 11 heteroatoms. The summed E-state index contributed by atoms with van der Waals surface area (Å²) >= 11 is 6.87. The third-order valence-corrected chi connectivity index (χ3v) is 6.01. The lowest BCUT2D eigenvalue weighted by molar-refractivity contribution is -0.0280. The second-order valence-corrected chi connectivity index (χ2v) is 7.96. The second kappa shape index (κ2) is 10.5. The van der Waals surface area contributed by atoms with Gasteiger partial charge in [0.25, 0.3) is 0 Å². The predicted molar refractivity (Wildman–Crippen MR) is 119 cm³/mol. The number of aryl methyl sites for hydroxylation is 1. The number of carbonyl (C=O) groups excluding carboxylic acids is 2. The first-order chi connectivity index (χ1) is 14.9. The number of methoxy groups -OCH3 is 2. The molecule has 1 N–H and O–H groups in total. The van der Waals surface area contributed by atoms with Crippen LogP contribution in [0.2, 0.25) is 0 Å². The minimum atomic E-state index is -0.482. The Labute approximate surface area is 189 Å². The Balaban J connectivity index is 1.58. The summed E-state index contributed by atoms with van der Waals surface area (Å²) in [5.74, 6) is -0.440. The van der Waals surface area contributed by atoms with Crippen LogP contribution in [0.5, 0.6) is 5.75 Å². The van der Waals surface area contributed by atoms with Gasteiger partial charge in [-0.05, 0) is 36.2 Å². The molecule has 1 saturated heterocycles. The van der Waals surface area contributed by atoms with Gasteiger partial charge in [-0.25, -0.2) is 9.59 Å². The van der Waals surface area contributed by atoms with Gasteiger partial charge in [0.15, 0.2) is 5.11 Å². The summed E-state index contributed by atoms with van der Waals surface area (Å²) < 4.78 is 21.1. The van der Waals surface area contributed by atoms with Gasteiger partial charge in [-0.1, -0.05) is 0 Å². The van der Waals surface area contributed by atoms with E-state index in [9.17, 15) is 9.59 Å². The van der Waals surface area contributed by atoms with Gasteiger partial charge >= 0.3 is 11.9 Å². The van der Waals surface area contributed by atoms with E-state index in [1.54, 1.807) is 6.07 Å². The van der Waals surface area contributed by atoms with Crippen LogP contribution in [-0.2, 0) is 14.2 Å². The van der Waals surface area contributed by atoms with E-state index in [4.69, 9.17) is 31.2 Å². The minimum Gasteiger partial charge on any atom is -0.489 e. The van der Waals surface area contributed by atoms with E-state index in [1.807, 2.05) is 17.2 Å². The van der Waals surface area contributed by atoms with Crippen LogP contribution in [0.3, 0.4) is 0 Å². The van der Waals surface area contributed by atoms with Crippen LogP contribution in [0.1, 0.15) is 25.6 Å². The molecule has 3 rings (SSSR count). The standard InChI is InChI=1S/C20H23N3O6S2/c1-12-11-31-17(19(25)27-3)16(12)22-20(30)23-4-5-28-15(9-23)10-29-14-6-13(7-21-8-14)18(24)26-2/h6-8,11,15H,4-5,9-10H2,1-3H3,(H,22,30). The van der Waals surface area contributed by atoms with Gasteiger partial charge in [0.05, 0.1) is 38.3 Å². The fraction of sp³-hybridized carbons (Fsp3) is 0.400. The highest BCUT2D eigenvalue weighted by atomic mass is 32.1. The number of nitrogens with one attached hydrogen (secondary N) is 1. The molecule has 0 saturated carbocycles. The first-order valence-corrected chi connectivity index (χ1v) is 10.7. The maximum Gasteiger partial charge on any atom is 0.350 e. The molecule has 0 spiro atoms. The van der Waals surface area contributed by atoms with Crippen molar-refractivity contribution >= 4 is 46.3 Å². The highest BCUT2D eigenvalue weighted by molar-refractivity contribution is 7.80. The number of anilines is 1. The number of hydrogen-bond donors (Lipinski definition) is 1. The van der Waals surface area contributed by atoms with Crippen LogP contribution in [0.15, 0.2) is 23.8 Å². The molecule has 31 heavy (non-hydrogen) atoms. The van der Waals surface area contributed by atoms with E-state index in [2.05, 4.69) is 10.3 Å². The number of rotatable bonds is 6. The van der Waals surface area contributed by atoms with Gasteiger partial charge in [0.1, 0.15) is 23.3 Å². The van der Waals surface area contributed by atoms with Crippen molar-refractivity contribution in [2.24, 2.45) is 0 Å². The lowest BCUT2D eigenvalue weighted by atomic mass is 10.2. The molecule has 0 bridgehead atoms. The zero-order valence-corrected chi connectivity index (χ0v) is 19.0. The number of pyridine rings is 1. The minimum absolute atomic E-state index is 0.237. The predicted octanol–water partition coefficient (Wildman–Crippen LogP) is 2.50. The Morgan fingerprint density at radius 2 is 2.10 bits per heavy atom. The fourth-order valence-corrected chi connectivity index (χ4v) is 4.14. The average Bonchev–Trinajstić information content (AvgIpc) is 3.16. The number of morpholine rings is 1. The smallest absolute Gasteiger partial charge is 0.350 e. The third kappa shape index (κ3) is 5.69. The molecule has 1 fully saturated rings. The van der Waals surface area contributed by atoms with Gasteiger partial charge in [0.2, 0.25) is 0 Å². The van der Waals surface area contributed by atoms with Crippen molar-refractivity contribution in [3.63, 3.8) is 0 Å². The molecule has 166 valence electrons.